The van der Waals surface area contributed by atoms with Crippen molar-refractivity contribution in [3.05, 3.63) is 0 Å². The fraction of sp³-hybridized carbons (Fsp3) is 1.00. The van der Waals surface area contributed by atoms with Crippen molar-refractivity contribution in [2.45, 2.75) is 97.4 Å². The monoisotopic (exact) mass is 372 g/mol. The Bertz CT molecular complexity index is 589. The summed E-state index contributed by atoms with van der Waals surface area (Å²) in [6.07, 6.45) is 15.8. The van der Waals surface area contributed by atoms with Gasteiger partial charge in [-0.2, -0.15) is 0 Å². The number of hydrogen-bond acceptors (Lipinski definition) is 2. The van der Waals surface area contributed by atoms with Crippen LogP contribution in [0.2, 0.25) is 0 Å². The number of fused-ring (bicyclic) bond motifs is 7. The molecule has 5 aliphatic carbocycles. The zero-order valence-corrected chi connectivity index (χ0v) is 18.2. The van der Waals surface area contributed by atoms with Crippen molar-refractivity contribution < 1.29 is 0 Å². The molecule has 10 atom stereocenters. The van der Waals surface area contributed by atoms with Crippen molar-refractivity contribution in [1.82, 2.24) is 0 Å². The van der Waals surface area contributed by atoms with Crippen LogP contribution in [0.4, 0.5) is 0 Å². The first kappa shape index (κ1) is 18.9. The lowest BCUT2D eigenvalue weighted by atomic mass is 9.37. The minimum Gasteiger partial charge on any atom is -0.330 e. The lowest BCUT2D eigenvalue weighted by Gasteiger charge is -2.68. The van der Waals surface area contributed by atoms with Gasteiger partial charge in [0.05, 0.1) is 0 Å². The molecule has 2 heteroatoms. The molecule has 154 valence electrons. The fourth-order valence-electron chi connectivity index (χ4n) is 10.4. The predicted molar refractivity (Wildman–Crippen MR) is 113 cm³/mol. The van der Waals surface area contributed by atoms with Crippen molar-refractivity contribution in [3.8, 4) is 0 Å². The van der Waals surface area contributed by atoms with Crippen LogP contribution >= 0.6 is 0 Å². The topological polar surface area (TPSA) is 52.0 Å². The second kappa shape index (κ2) is 6.21. The maximum Gasteiger partial charge on any atom is 0.00675 e. The summed E-state index contributed by atoms with van der Waals surface area (Å²) in [5, 5.41) is 0. The average Bonchev–Trinajstić information content (AvgIpc) is 3.10. The van der Waals surface area contributed by atoms with E-state index in [9.17, 15) is 0 Å². The molecule has 5 aliphatic rings. The Kier molecular flexibility index (Phi) is 4.35. The van der Waals surface area contributed by atoms with Gasteiger partial charge in [-0.05, 0) is 123 Å². The van der Waals surface area contributed by atoms with E-state index in [1.54, 1.807) is 0 Å². The predicted octanol–water partition coefficient (Wildman–Crippen LogP) is 5.35. The number of hydrogen-bond donors (Lipinski definition) is 2. The quantitative estimate of drug-likeness (QED) is 0.652. The Labute approximate surface area is 167 Å². The first-order valence-corrected chi connectivity index (χ1v) is 12.3. The second-order valence-electron chi connectivity index (χ2n) is 12.2. The van der Waals surface area contributed by atoms with Crippen LogP contribution in [-0.4, -0.2) is 12.6 Å². The molecule has 10 unspecified atom stereocenters. The lowest BCUT2D eigenvalue weighted by Crippen LogP contribution is -2.62. The Morgan fingerprint density at radius 2 is 1.48 bits per heavy atom. The molecule has 0 aromatic rings. The van der Waals surface area contributed by atoms with Crippen molar-refractivity contribution in [1.29, 1.82) is 0 Å². The molecule has 0 spiro atoms. The van der Waals surface area contributed by atoms with Crippen LogP contribution in [0.1, 0.15) is 91.4 Å². The van der Waals surface area contributed by atoms with E-state index in [4.69, 9.17) is 11.5 Å². The largest absolute Gasteiger partial charge is 0.330 e. The van der Waals surface area contributed by atoms with Crippen LogP contribution in [-0.2, 0) is 0 Å². The van der Waals surface area contributed by atoms with Crippen LogP contribution in [0.5, 0.6) is 0 Å². The zero-order chi connectivity index (χ0) is 19.0. The lowest BCUT2D eigenvalue weighted by molar-refractivity contribution is -0.183. The highest BCUT2D eigenvalue weighted by Crippen LogP contribution is 2.71. The fourth-order valence-corrected chi connectivity index (χ4v) is 10.4. The normalized spacial score (nSPS) is 60.1. The third kappa shape index (κ3) is 2.38. The molecule has 5 saturated carbocycles. The van der Waals surface area contributed by atoms with Gasteiger partial charge in [0, 0.05) is 6.04 Å². The van der Waals surface area contributed by atoms with Gasteiger partial charge in [0.25, 0.3) is 0 Å². The maximum absolute atomic E-state index is 6.53. The van der Waals surface area contributed by atoms with E-state index in [1.165, 1.54) is 70.6 Å². The van der Waals surface area contributed by atoms with Gasteiger partial charge in [-0.1, -0.05) is 27.2 Å². The Balaban J connectivity index is 1.46. The molecule has 4 N–H and O–H groups in total. The first-order valence-electron chi connectivity index (χ1n) is 12.3. The van der Waals surface area contributed by atoms with E-state index in [-0.39, 0.29) is 0 Å². The molecule has 5 rings (SSSR count). The van der Waals surface area contributed by atoms with Crippen LogP contribution in [0.25, 0.3) is 0 Å². The van der Waals surface area contributed by atoms with Gasteiger partial charge >= 0.3 is 0 Å². The number of rotatable bonds is 1. The van der Waals surface area contributed by atoms with Gasteiger partial charge in [-0.15, -0.1) is 0 Å². The summed E-state index contributed by atoms with van der Waals surface area (Å²) in [5.41, 5.74) is 14.6. The van der Waals surface area contributed by atoms with Crippen molar-refractivity contribution in [3.63, 3.8) is 0 Å². The minimum atomic E-state index is 0.446. The van der Waals surface area contributed by atoms with Crippen LogP contribution in [0.15, 0.2) is 0 Å². The molecule has 0 aromatic heterocycles. The zero-order valence-electron chi connectivity index (χ0n) is 18.2. The highest BCUT2D eigenvalue weighted by molar-refractivity contribution is 5.13. The average molecular weight is 373 g/mol. The van der Waals surface area contributed by atoms with E-state index in [1.807, 2.05) is 0 Å². The van der Waals surface area contributed by atoms with Crippen LogP contribution in [0, 0.1) is 51.8 Å². The third-order valence-corrected chi connectivity index (χ3v) is 11.8. The summed E-state index contributed by atoms with van der Waals surface area (Å²) < 4.78 is 0. The highest BCUT2D eigenvalue weighted by Gasteiger charge is 2.64. The van der Waals surface area contributed by atoms with E-state index in [0.717, 1.165) is 42.1 Å². The molecule has 5 fully saturated rings. The molecule has 0 radical (unpaired) electrons. The Morgan fingerprint density at radius 3 is 2.26 bits per heavy atom. The van der Waals surface area contributed by atoms with Crippen molar-refractivity contribution in [2.75, 3.05) is 6.54 Å². The van der Waals surface area contributed by atoms with E-state index >= 15 is 0 Å². The molecule has 0 aromatic carbocycles. The summed E-state index contributed by atoms with van der Waals surface area (Å²) in [5.74, 6) is 5.43. The summed E-state index contributed by atoms with van der Waals surface area (Å²) in [4.78, 5) is 0. The second-order valence-corrected chi connectivity index (χ2v) is 12.2. The molecule has 0 aliphatic heterocycles. The molecular weight excluding hydrogens is 328 g/mol. The SMILES string of the molecule is CC1C(N)CCC2(C)C1CCC1(C)C3CCC4(CN)CCCC4C3CCC21. The van der Waals surface area contributed by atoms with Gasteiger partial charge in [-0.25, -0.2) is 0 Å². The molecule has 0 heterocycles. The van der Waals surface area contributed by atoms with Gasteiger partial charge < -0.3 is 11.5 Å². The smallest absolute Gasteiger partial charge is 0.00675 e. The molecule has 27 heavy (non-hydrogen) atoms. The Hall–Kier alpha value is -0.0800. The summed E-state index contributed by atoms with van der Waals surface area (Å²) >= 11 is 0. The minimum absolute atomic E-state index is 0.446. The maximum atomic E-state index is 6.53. The molecule has 0 amide bonds. The molecular formula is C25H44N2. The number of nitrogens with two attached hydrogens (primary N) is 2. The van der Waals surface area contributed by atoms with Crippen molar-refractivity contribution >= 4 is 0 Å². The summed E-state index contributed by atoms with van der Waals surface area (Å²) in [6.45, 7) is 8.84. The van der Waals surface area contributed by atoms with Crippen LogP contribution in [0.3, 0.4) is 0 Å². The van der Waals surface area contributed by atoms with E-state index in [2.05, 4.69) is 20.8 Å². The Morgan fingerprint density at radius 1 is 0.778 bits per heavy atom. The standard InChI is InChI=1S/C25H44N2/c1-16-18-8-12-24(3)19-9-14-25(15-26)11-4-5-20(25)17(19)6-7-22(24)23(18,2)13-10-21(16)27/h16-22H,4-15,26-27H2,1-3H3. The van der Waals surface area contributed by atoms with Gasteiger partial charge in [-0.3, -0.25) is 0 Å². The van der Waals surface area contributed by atoms with Gasteiger partial charge in [0.15, 0.2) is 0 Å². The molecule has 2 nitrogen and oxygen atoms in total. The summed E-state index contributed by atoms with van der Waals surface area (Å²) in [7, 11) is 0. The van der Waals surface area contributed by atoms with Crippen molar-refractivity contribution in [2.24, 2.45) is 63.2 Å². The third-order valence-electron chi connectivity index (χ3n) is 11.8. The summed E-state index contributed by atoms with van der Waals surface area (Å²) in [6, 6.07) is 0.446. The molecule has 0 bridgehead atoms. The van der Waals surface area contributed by atoms with E-state index < -0.39 is 0 Å². The van der Waals surface area contributed by atoms with E-state index in [0.29, 0.717) is 22.3 Å². The first-order chi connectivity index (χ1) is 12.9. The highest BCUT2D eigenvalue weighted by atomic mass is 14.7. The van der Waals surface area contributed by atoms with Crippen LogP contribution < -0.4 is 11.5 Å². The van der Waals surface area contributed by atoms with Gasteiger partial charge in [0.1, 0.15) is 0 Å². The van der Waals surface area contributed by atoms with Gasteiger partial charge in [0.2, 0.25) is 0 Å². The molecule has 0 saturated heterocycles.